The second kappa shape index (κ2) is 16.5. The third-order valence-electron chi connectivity index (χ3n) is 7.94. The van der Waals surface area contributed by atoms with Crippen LogP contribution in [0, 0.1) is 0 Å². The lowest BCUT2D eigenvalue weighted by Gasteiger charge is -2.49. The van der Waals surface area contributed by atoms with E-state index in [1.54, 1.807) is 0 Å². The van der Waals surface area contributed by atoms with Gasteiger partial charge in [0.2, 0.25) is 5.91 Å². The topological polar surface area (TPSA) is 113 Å². The first-order valence-corrected chi connectivity index (χ1v) is 18.6. The fraction of sp³-hybridized carbons (Fsp3) is 0.645. The van der Waals surface area contributed by atoms with E-state index in [0.717, 1.165) is 69.0 Å². The number of β-lactam (4-membered cyclic amide) rings is 1. The summed E-state index contributed by atoms with van der Waals surface area (Å²) in [4.78, 5) is 54.3. The number of likely N-dealkylation sites (tertiary alicyclic amines) is 1. The van der Waals surface area contributed by atoms with E-state index in [4.69, 9.17) is 4.74 Å². The number of carboxylic acids is 1. The summed E-state index contributed by atoms with van der Waals surface area (Å²) in [6.07, 6.45) is 9.15. The zero-order valence-corrected chi connectivity index (χ0v) is 26.5. The molecule has 2 aliphatic rings. The quantitative estimate of drug-likeness (QED) is 0.179. The predicted octanol–water partition coefficient (Wildman–Crippen LogP) is 5.00. The average Bonchev–Trinajstić information content (AvgIpc) is 3.51. The SMILES string of the molecule is CCCCP(CCCC)(CCCC)=C(C(=O)O)N1C(=O)[C@@H](NC(=O)Cc2ccccc2)[C@H]1SCC(=O)C1CCCO1. The number of hydrogen-bond acceptors (Lipinski definition) is 6. The molecule has 0 radical (unpaired) electrons. The van der Waals surface area contributed by atoms with Gasteiger partial charge < -0.3 is 15.2 Å². The zero-order valence-electron chi connectivity index (χ0n) is 24.8. The molecule has 2 heterocycles. The third kappa shape index (κ3) is 8.71. The van der Waals surface area contributed by atoms with E-state index in [9.17, 15) is 24.3 Å². The molecule has 0 bridgehead atoms. The number of carboxylic acid groups (broad SMARTS) is 1. The molecule has 1 unspecified atom stereocenters. The minimum Gasteiger partial charge on any atom is -0.477 e. The zero-order chi connectivity index (χ0) is 29.8. The van der Waals surface area contributed by atoms with Crippen molar-refractivity contribution in [2.24, 2.45) is 0 Å². The molecule has 8 nitrogen and oxygen atoms in total. The second-order valence-corrected chi connectivity index (χ2v) is 16.3. The Hall–Kier alpha value is -2.09. The first kappa shape index (κ1) is 33.4. The van der Waals surface area contributed by atoms with Crippen LogP contribution in [0.2, 0.25) is 0 Å². The number of aliphatic carboxylic acids is 1. The molecular weight excluding hydrogens is 559 g/mol. The number of benzene rings is 1. The summed E-state index contributed by atoms with van der Waals surface area (Å²) in [6.45, 7) is 4.68. The highest BCUT2D eigenvalue weighted by atomic mass is 32.2. The molecule has 2 aliphatic heterocycles. The average molecular weight is 607 g/mol. The molecule has 3 atom stereocenters. The van der Waals surface area contributed by atoms with Crippen LogP contribution in [-0.4, -0.2) is 87.4 Å². The molecule has 0 spiro atoms. The Morgan fingerprint density at radius 3 is 2.15 bits per heavy atom. The van der Waals surface area contributed by atoms with Crippen LogP contribution in [0.5, 0.6) is 0 Å². The van der Waals surface area contributed by atoms with Gasteiger partial charge in [0.25, 0.3) is 5.91 Å². The maximum Gasteiger partial charge on any atom is 0.352 e. The third-order valence-corrected chi connectivity index (χ3v) is 14.0. The van der Waals surface area contributed by atoms with Crippen molar-refractivity contribution in [3.63, 3.8) is 0 Å². The predicted molar refractivity (Wildman–Crippen MR) is 168 cm³/mol. The molecule has 228 valence electrons. The summed E-state index contributed by atoms with van der Waals surface area (Å²) in [7, 11) is 0. The van der Waals surface area contributed by atoms with Crippen molar-refractivity contribution in [1.29, 1.82) is 0 Å². The Labute approximate surface area is 249 Å². The van der Waals surface area contributed by atoms with E-state index in [0.29, 0.717) is 13.0 Å². The fourth-order valence-corrected chi connectivity index (χ4v) is 12.2. The molecule has 0 aromatic heterocycles. The van der Waals surface area contributed by atoms with E-state index >= 15 is 0 Å². The molecule has 0 saturated carbocycles. The molecule has 1 aromatic carbocycles. The van der Waals surface area contributed by atoms with Crippen LogP contribution in [-0.2, 0) is 30.3 Å². The normalized spacial score (nSPS) is 20.5. The standard InChI is InChI=1S/C31H47N2O6PS/c1-4-7-18-40(19-8-5-2,20-9-6-3)29(31(37)38)33-28(36)27(32-26(35)21-23-14-11-10-12-15-23)30(33)41-22-24(34)25-16-13-17-39-25/h10-12,14-15,25,27,30H,4-9,13,16-22H2,1-3H3,(H,32,35)(H,37,38)/t25?,27-,30-/m1/s1. The molecule has 2 fully saturated rings. The largest absolute Gasteiger partial charge is 0.477 e. The van der Waals surface area contributed by atoms with Crippen molar-refractivity contribution in [1.82, 2.24) is 10.2 Å². The van der Waals surface area contributed by atoms with Gasteiger partial charge in [-0.25, -0.2) is 4.79 Å². The number of nitrogens with zero attached hydrogens (tertiary/aromatic N) is 1. The highest BCUT2D eigenvalue weighted by Crippen LogP contribution is 2.54. The highest BCUT2D eigenvalue weighted by molar-refractivity contribution is 8.00. The minimum atomic E-state index is -2.21. The summed E-state index contributed by atoms with van der Waals surface area (Å²) < 4.78 is 5.57. The van der Waals surface area contributed by atoms with Crippen molar-refractivity contribution in [3.05, 3.63) is 35.9 Å². The van der Waals surface area contributed by atoms with Crippen LogP contribution >= 0.6 is 18.6 Å². The van der Waals surface area contributed by atoms with E-state index in [1.807, 2.05) is 30.3 Å². The summed E-state index contributed by atoms with van der Waals surface area (Å²) in [5, 5.41) is 12.9. The van der Waals surface area contributed by atoms with Crippen LogP contribution in [0.3, 0.4) is 0 Å². The van der Waals surface area contributed by atoms with Crippen molar-refractivity contribution >= 4 is 47.6 Å². The van der Waals surface area contributed by atoms with Crippen molar-refractivity contribution in [2.45, 2.75) is 96.1 Å². The van der Waals surface area contributed by atoms with Gasteiger partial charge in [-0.2, -0.15) is 0 Å². The fourth-order valence-electron chi connectivity index (χ4n) is 5.66. The number of hydrogen-bond donors (Lipinski definition) is 2. The van der Waals surface area contributed by atoms with Gasteiger partial charge in [-0.15, -0.1) is 11.8 Å². The lowest BCUT2D eigenvalue weighted by atomic mass is 10.1. The van der Waals surface area contributed by atoms with Gasteiger partial charge in [-0.05, 0) is 56.2 Å². The first-order valence-electron chi connectivity index (χ1n) is 15.2. The molecular formula is C31H47N2O6PS. The van der Waals surface area contributed by atoms with Crippen LogP contribution in [0.25, 0.3) is 0 Å². The number of thioether (sulfide) groups is 1. The number of ether oxygens (including phenoxy) is 1. The van der Waals surface area contributed by atoms with E-state index in [-0.39, 0.29) is 35.2 Å². The van der Waals surface area contributed by atoms with Crippen molar-refractivity contribution < 1.29 is 29.0 Å². The minimum absolute atomic E-state index is 0.0537. The molecule has 2 N–H and O–H groups in total. The van der Waals surface area contributed by atoms with Gasteiger partial charge >= 0.3 is 5.97 Å². The first-order chi connectivity index (χ1) is 19.8. The molecule has 2 amide bonds. The van der Waals surface area contributed by atoms with Gasteiger partial charge in [-0.1, -0.05) is 77.3 Å². The van der Waals surface area contributed by atoms with Gasteiger partial charge in [0.1, 0.15) is 22.9 Å². The number of carbonyl (C=O) groups excluding carboxylic acids is 3. The number of rotatable bonds is 18. The smallest absolute Gasteiger partial charge is 0.352 e. The van der Waals surface area contributed by atoms with Crippen LogP contribution in [0.15, 0.2) is 30.3 Å². The number of ketones is 1. The monoisotopic (exact) mass is 606 g/mol. The van der Waals surface area contributed by atoms with Crippen LogP contribution in [0.1, 0.15) is 77.7 Å². The maximum absolute atomic E-state index is 13.8. The van der Waals surface area contributed by atoms with Crippen LogP contribution < -0.4 is 5.32 Å². The second-order valence-electron chi connectivity index (χ2n) is 11.1. The van der Waals surface area contributed by atoms with Gasteiger partial charge in [0.15, 0.2) is 5.78 Å². The summed E-state index contributed by atoms with van der Waals surface area (Å²) in [6, 6.07) is 8.41. The molecule has 41 heavy (non-hydrogen) atoms. The van der Waals surface area contributed by atoms with Gasteiger partial charge in [0, 0.05) is 6.61 Å². The number of amides is 2. The molecule has 0 aliphatic carbocycles. The Balaban J connectivity index is 1.97. The molecule has 10 heteroatoms. The lowest BCUT2D eigenvalue weighted by Crippen LogP contribution is -2.72. The number of carbonyl (C=O) groups is 4. The van der Waals surface area contributed by atoms with E-state index in [2.05, 4.69) is 26.1 Å². The number of nitrogens with one attached hydrogen (secondary N) is 1. The Kier molecular flexibility index (Phi) is 13.5. The van der Waals surface area contributed by atoms with Crippen molar-refractivity contribution in [3.8, 4) is 0 Å². The summed E-state index contributed by atoms with van der Waals surface area (Å²) >= 11 is 1.25. The Morgan fingerprint density at radius 2 is 1.63 bits per heavy atom. The van der Waals surface area contributed by atoms with Gasteiger partial charge in [0.05, 0.1) is 12.2 Å². The Bertz CT molecular complexity index is 1080. The molecule has 2 saturated heterocycles. The van der Waals surface area contributed by atoms with E-state index in [1.165, 1.54) is 16.7 Å². The van der Waals surface area contributed by atoms with Crippen molar-refractivity contribution in [2.75, 3.05) is 30.8 Å². The van der Waals surface area contributed by atoms with E-state index < -0.39 is 30.4 Å². The lowest BCUT2D eigenvalue weighted by molar-refractivity contribution is -0.144. The van der Waals surface area contributed by atoms with Gasteiger partial charge in [-0.3, -0.25) is 19.3 Å². The molecule has 1 aromatic rings. The Morgan fingerprint density at radius 1 is 1.02 bits per heavy atom. The van der Waals surface area contributed by atoms with Crippen LogP contribution in [0.4, 0.5) is 0 Å². The summed E-state index contributed by atoms with van der Waals surface area (Å²) in [5.74, 6) is -1.69. The number of Topliss-reactive ketones (excluding diaryl/α,β-unsaturated/α-hetero) is 1. The maximum atomic E-state index is 13.8. The molecule has 3 rings (SSSR count). The number of unbranched alkanes of at least 4 members (excludes halogenated alkanes) is 3. The highest BCUT2D eigenvalue weighted by Gasteiger charge is 2.53. The summed E-state index contributed by atoms with van der Waals surface area (Å²) in [5.41, 5.74) is 1.07.